The molecule has 162 valence electrons. The number of aryl methyl sites for hydroxylation is 2. The number of carbonyl (C=O) groups excluding carboxylic acids is 1. The van der Waals surface area contributed by atoms with Gasteiger partial charge in [-0.05, 0) is 50.2 Å². The third-order valence-electron chi connectivity index (χ3n) is 5.42. The summed E-state index contributed by atoms with van der Waals surface area (Å²) < 4.78 is 2.03. The van der Waals surface area contributed by atoms with Gasteiger partial charge >= 0.3 is 0 Å². The van der Waals surface area contributed by atoms with Crippen molar-refractivity contribution in [2.75, 3.05) is 49.2 Å². The highest BCUT2D eigenvalue weighted by Crippen LogP contribution is 2.24. The summed E-state index contributed by atoms with van der Waals surface area (Å²) in [6.45, 7) is 8.17. The maximum atomic E-state index is 12.5. The summed E-state index contributed by atoms with van der Waals surface area (Å²) in [5.74, 6) is 1.16. The van der Waals surface area contributed by atoms with Crippen LogP contribution >= 0.6 is 11.8 Å². The van der Waals surface area contributed by atoms with Crippen LogP contribution in [0.4, 0.5) is 11.5 Å². The minimum atomic E-state index is -0.0744. The standard InChI is InChI=1S/C23H28N6OS/c1-17-4-5-18(2)20(14-17)29-9-8-24-23(29)31-16-22(30)26-19-6-7-21(25-15-19)28-12-10-27(3)11-13-28/h4-9,14-15H,10-13,16H2,1-3H3,(H,26,30). The van der Waals surface area contributed by atoms with Crippen molar-refractivity contribution < 1.29 is 4.79 Å². The van der Waals surface area contributed by atoms with Crippen molar-refractivity contribution in [3.63, 3.8) is 0 Å². The fourth-order valence-electron chi connectivity index (χ4n) is 3.57. The highest BCUT2D eigenvalue weighted by molar-refractivity contribution is 7.99. The summed E-state index contributed by atoms with van der Waals surface area (Å²) in [5, 5.41) is 3.73. The minimum absolute atomic E-state index is 0.0744. The van der Waals surface area contributed by atoms with Gasteiger partial charge in [-0.3, -0.25) is 9.36 Å². The Kier molecular flexibility index (Phi) is 6.58. The maximum Gasteiger partial charge on any atom is 0.234 e. The van der Waals surface area contributed by atoms with E-state index in [1.807, 2.05) is 22.9 Å². The third-order valence-corrected chi connectivity index (χ3v) is 6.39. The molecule has 1 aromatic carbocycles. The predicted molar refractivity (Wildman–Crippen MR) is 126 cm³/mol. The predicted octanol–water partition coefficient (Wildman–Crippen LogP) is 3.37. The zero-order chi connectivity index (χ0) is 21.8. The van der Waals surface area contributed by atoms with E-state index in [0.717, 1.165) is 42.8 Å². The number of rotatable bonds is 6. The van der Waals surface area contributed by atoms with Gasteiger partial charge in [0.2, 0.25) is 5.91 Å². The SMILES string of the molecule is Cc1ccc(C)c(-n2ccnc2SCC(=O)Nc2ccc(N3CCN(C)CC3)nc2)c1. The molecule has 7 nitrogen and oxygen atoms in total. The molecule has 4 rings (SSSR count). The summed E-state index contributed by atoms with van der Waals surface area (Å²) in [6.07, 6.45) is 5.43. The molecule has 0 aliphatic carbocycles. The normalized spacial score (nSPS) is 14.6. The Hall–Kier alpha value is -2.84. The highest BCUT2D eigenvalue weighted by Gasteiger charge is 2.15. The van der Waals surface area contributed by atoms with Crippen LogP contribution in [0.2, 0.25) is 0 Å². The second-order valence-corrected chi connectivity index (χ2v) is 8.84. The van der Waals surface area contributed by atoms with Crippen molar-refractivity contribution >= 4 is 29.2 Å². The Balaban J connectivity index is 1.34. The smallest absolute Gasteiger partial charge is 0.234 e. The molecule has 8 heteroatoms. The second kappa shape index (κ2) is 9.53. The van der Waals surface area contributed by atoms with Gasteiger partial charge in [-0.1, -0.05) is 23.9 Å². The average molecular weight is 437 g/mol. The van der Waals surface area contributed by atoms with Crippen LogP contribution in [-0.4, -0.2) is 64.3 Å². The summed E-state index contributed by atoms with van der Waals surface area (Å²) in [4.78, 5) is 26.0. The number of carbonyl (C=O) groups is 1. The maximum absolute atomic E-state index is 12.5. The molecule has 0 radical (unpaired) electrons. The van der Waals surface area contributed by atoms with Crippen molar-refractivity contribution in [1.82, 2.24) is 19.4 Å². The molecule has 1 aliphatic rings. The molecule has 3 aromatic rings. The number of piperazine rings is 1. The molecule has 0 bridgehead atoms. The number of aromatic nitrogens is 3. The molecule has 1 fully saturated rings. The van der Waals surface area contributed by atoms with Gasteiger partial charge in [-0.25, -0.2) is 9.97 Å². The number of likely N-dealkylation sites (N-methyl/N-ethyl adjacent to an activating group) is 1. The number of nitrogens with zero attached hydrogens (tertiary/aromatic N) is 5. The first kappa shape index (κ1) is 21.4. The Morgan fingerprint density at radius 2 is 1.90 bits per heavy atom. The molecule has 0 spiro atoms. The molecule has 1 N–H and O–H groups in total. The number of amides is 1. The third kappa shape index (κ3) is 5.26. The van der Waals surface area contributed by atoms with E-state index in [1.54, 1.807) is 12.4 Å². The Morgan fingerprint density at radius 1 is 1.10 bits per heavy atom. The molecule has 1 amide bonds. The molecule has 31 heavy (non-hydrogen) atoms. The molecular formula is C23H28N6OS. The zero-order valence-electron chi connectivity index (χ0n) is 18.2. The number of hydrogen-bond donors (Lipinski definition) is 1. The first-order valence-corrected chi connectivity index (χ1v) is 11.4. The van der Waals surface area contributed by atoms with Gasteiger partial charge in [-0.2, -0.15) is 0 Å². The first-order chi connectivity index (χ1) is 15.0. The molecule has 2 aromatic heterocycles. The largest absolute Gasteiger partial charge is 0.354 e. The van der Waals surface area contributed by atoms with Gasteiger partial charge in [0.25, 0.3) is 0 Å². The van der Waals surface area contributed by atoms with Gasteiger partial charge in [-0.15, -0.1) is 0 Å². The lowest BCUT2D eigenvalue weighted by atomic mass is 10.1. The number of thioether (sulfide) groups is 1. The van der Waals surface area contributed by atoms with Crippen LogP contribution in [0.15, 0.2) is 54.1 Å². The lowest BCUT2D eigenvalue weighted by Gasteiger charge is -2.33. The van der Waals surface area contributed by atoms with E-state index in [2.05, 4.69) is 64.2 Å². The second-order valence-electron chi connectivity index (χ2n) is 7.90. The van der Waals surface area contributed by atoms with Crippen molar-refractivity contribution in [1.29, 1.82) is 0 Å². The molecule has 0 saturated carbocycles. The van der Waals surface area contributed by atoms with E-state index in [1.165, 1.54) is 22.9 Å². The summed E-state index contributed by atoms with van der Waals surface area (Å²) >= 11 is 1.42. The van der Waals surface area contributed by atoms with Crippen molar-refractivity contribution in [2.24, 2.45) is 0 Å². The quantitative estimate of drug-likeness (QED) is 0.598. The Labute approximate surface area is 187 Å². The summed E-state index contributed by atoms with van der Waals surface area (Å²) in [6, 6.07) is 10.2. The van der Waals surface area contributed by atoms with Crippen LogP contribution in [0.5, 0.6) is 0 Å². The summed E-state index contributed by atoms with van der Waals surface area (Å²) in [7, 11) is 2.13. The lowest BCUT2D eigenvalue weighted by molar-refractivity contribution is -0.113. The van der Waals surface area contributed by atoms with Gasteiger partial charge < -0.3 is 15.1 Å². The number of nitrogens with one attached hydrogen (secondary N) is 1. The fourth-order valence-corrected chi connectivity index (χ4v) is 4.33. The van der Waals surface area contributed by atoms with Crippen molar-refractivity contribution in [2.45, 2.75) is 19.0 Å². The number of anilines is 2. The summed E-state index contributed by atoms with van der Waals surface area (Å²) in [5.41, 5.74) is 4.15. The van der Waals surface area contributed by atoms with Crippen LogP contribution in [0, 0.1) is 13.8 Å². The number of imidazole rings is 1. The highest BCUT2D eigenvalue weighted by atomic mass is 32.2. The van der Waals surface area contributed by atoms with Crippen LogP contribution in [0.1, 0.15) is 11.1 Å². The molecule has 3 heterocycles. The average Bonchev–Trinajstić information content (AvgIpc) is 3.23. The molecule has 1 aliphatic heterocycles. The minimum Gasteiger partial charge on any atom is -0.354 e. The molecule has 0 unspecified atom stereocenters. The van der Waals surface area contributed by atoms with Gasteiger partial charge in [0.1, 0.15) is 5.82 Å². The van der Waals surface area contributed by atoms with E-state index in [9.17, 15) is 4.79 Å². The van der Waals surface area contributed by atoms with Crippen molar-refractivity contribution in [3.05, 3.63) is 60.0 Å². The first-order valence-electron chi connectivity index (χ1n) is 10.4. The van der Waals surface area contributed by atoms with E-state index in [0.29, 0.717) is 5.69 Å². The fraction of sp³-hybridized carbons (Fsp3) is 0.348. The number of hydrogen-bond acceptors (Lipinski definition) is 6. The van der Waals surface area contributed by atoms with Crippen LogP contribution in [-0.2, 0) is 4.79 Å². The van der Waals surface area contributed by atoms with E-state index in [-0.39, 0.29) is 11.7 Å². The van der Waals surface area contributed by atoms with Gasteiger partial charge in [0, 0.05) is 38.6 Å². The van der Waals surface area contributed by atoms with Gasteiger partial charge in [0.05, 0.1) is 23.3 Å². The van der Waals surface area contributed by atoms with Crippen LogP contribution in [0.25, 0.3) is 5.69 Å². The number of pyridine rings is 1. The van der Waals surface area contributed by atoms with Crippen LogP contribution in [0.3, 0.4) is 0 Å². The van der Waals surface area contributed by atoms with Gasteiger partial charge in [0.15, 0.2) is 5.16 Å². The Bertz CT molecular complexity index is 1040. The van der Waals surface area contributed by atoms with Crippen LogP contribution < -0.4 is 10.2 Å². The van der Waals surface area contributed by atoms with E-state index in [4.69, 9.17) is 0 Å². The van der Waals surface area contributed by atoms with Crippen molar-refractivity contribution in [3.8, 4) is 5.69 Å². The monoisotopic (exact) mass is 436 g/mol. The molecule has 0 atom stereocenters. The molecule has 1 saturated heterocycles. The lowest BCUT2D eigenvalue weighted by Crippen LogP contribution is -2.44. The zero-order valence-corrected chi connectivity index (χ0v) is 19.0. The molecular weight excluding hydrogens is 408 g/mol. The topological polar surface area (TPSA) is 66.3 Å². The van der Waals surface area contributed by atoms with E-state index < -0.39 is 0 Å². The Morgan fingerprint density at radius 3 is 2.65 bits per heavy atom. The number of benzene rings is 1. The van der Waals surface area contributed by atoms with E-state index >= 15 is 0 Å².